The molecule has 0 aromatic heterocycles. The van der Waals surface area contributed by atoms with Gasteiger partial charge in [0, 0.05) is 45.1 Å². The Hall–Kier alpha value is -2.62. The lowest BCUT2D eigenvalue weighted by molar-refractivity contribution is -0.127. The van der Waals surface area contributed by atoms with E-state index in [1.165, 1.54) is 5.56 Å². The van der Waals surface area contributed by atoms with E-state index in [0.717, 1.165) is 25.1 Å². The first-order valence-electron chi connectivity index (χ1n) is 11.3. The van der Waals surface area contributed by atoms with Crippen molar-refractivity contribution in [3.05, 3.63) is 71.8 Å². The molecule has 1 fully saturated rings. The molecule has 0 saturated carbocycles. The lowest BCUT2D eigenvalue weighted by Crippen LogP contribution is -2.41. The van der Waals surface area contributed by atoms with E-state index in [2.05, 4.69) is 33.1 Å². The maximum Gasteiger partial charge on any atom is 0.242 e. The molecule has 3 rings (SSSR count). The van der Waals surface area contributed by atoms with Gasteiger partial charge in [0.05, 0.1) is 0 Å². The third kappa shape index (κ3) is 9.41. The highest BCUT2D eigenvalue weighted by atomic mass is 127. The molecule has 33 heavy (non-hydrogen) atoms. The number of amides is 2. The van der Waals surface area contributed by atoms with Crippen molar-refractivity contribution < 1.29 is 9.59 Å². The number of nitrogens with zero attached hydrogens (tertiary/aromatic N) is 2. The molecule has 8 heteroatoms. The second-order valence-electron chi connectivity index (χ2n) is 7.98. The highest BCUT2D eigenvalue weighted by Crippen LogP contribution is 2.17. The van der Waals surface area contributed by atoms with Gasteiger partial charge in [0.1, 0.15) is 6.54 Å². The molecule has 2 aromatic rings. The number of nitrogens with one attached hydrogen (secondary N) is 3. The summed E-state index contributed by atoms with van der Waals surface area (Å²) in [6, 6.07) is 20.0. The number of likely N-dealkylation sites (tertiary alicyclic amines) is 1. The summed E-state index contributed by atoms with van der Waals surface area (Å²) in [4.78, 5) is 30.8. The van der Waals surface area contributed by atoms with Crippen LogP contribution in [0, 0.1) is 5.92 Å². The Morgan fingerprint density at radius 1 is 1.00 bits per heavy atom. The molecule has 7 nitrogen and oxygen atoms in total. The second kappa shape index (κ2) is 14.5. The van der Waals surface area contributed by atoms with Crippen molar-refractivity contribution in [2.24, 2.45) is 10.9 Å². The number of hydrogen-bond acceptors (Lipinski definition) is 3. The van der Waals surface area contributed by atoms with E-state index >= 15 is 0 Å². The first-order chi connectivity index (χ1) is 15.6. The van der Waals surface area contributed by atoms with E-state index in [9.17, 15) is 9.59 Å². The van der Waals surface area contributed by atoms with Gasteiger partial charge in [0.25, 0.3) is 0 Å². The highest BCUT2D eigenvalue weighted by molar-refractivity contribution is 14.0. The Bertz CT molecular complexity index is 892. The van der Waals surface area contributed by atoms with Crippen LogP contribution in [-0.4, -0.2) is 55.4 Å². The maximum atomic E-state index is 12.4. The topological polar surface area (TPSA) is 85.8 Å². The van der Waals surface area contributed by atoms with Gasteiger partial charge in [0.15, 0.2) is 5.96 Å². The smallest absolute Gasteiger partial charge is 0.242 e. The summed E-state index contributed by atoms with van der Waals surface area (Å²) in [5.74, 6) is 0.899. The van der Waals surface area contributed by atoms with Crippen LogP contribution in [-0.2, 0) is 22.6 Å². The molecule has 0 bridgehead atoms. The molecular weight excluding hydrogens is 529 g/mol. The van der Waals surface area contributed by atoms with Gasteiger partial charge in [-0.25, -0.2) is 4.99 Å². The zero-order chi connectivity index (χ0) is 22.6. The zero-order valence-corrected chi connectivity index (χ0v) is 21.5. The van der Waals surface area contributed by atoms with Crippen LogP contribution in [0.2, 0.25) is 0 Å². The van der Waals surface area contributed by atoms with Gasteiger partial charge in [0.2, 0.25) is 11.8 Å². The predicted molar refractivity (Wildman–Crippen MR) is 143 cm³/mol. The number of halogens is 1. The van der Waals surface area contributed by atoms with Gasteiger partial charge in [-0.2, -0.15) is 0 Å². The molecule has 0 aliphatic carbocycles. The minimum atomic E-state index is -0.130. The Morgan fingerprint density at radius 2 is 1.67 bits per heavy atom. The SMILES string of the molecule is CCNC(=NCC(=O)NCc1ccccc1)NCC1CC(=O)N(CCc2ccccc2)C1.I. The molecule has 1 heterocycles. The van der Waals surface area contributed by atoms with Crippen molar-refractivity contribution in [3.63, 3.8) is 0 Å². The molecule has 1 aliphatic rings. The summed E-state index contributed by atoms with van der Waals surface area (Å²) in [7, 11) is 0. The van der Waals surface area contributed by atoms with Gasteiger partial charge < -0.3 is 20.9 Å². The Kier molecular flexibility index (Phi) is 11.7. The van der Waals surface area contributed by atoms with Crippen molar-refractivity contribution in [2.45, 2.75) is 26.3 Å². The highest BCUT2D eigenvalue weighted by Gasteiger charge is 2.29. The molecule has 3 N–H and O–H groups in total. The molecule has 1 saturated heterocycles. The van der Waals surface area contributed by atoms with Crippen molar-refractivity contribution in [3.8, 4) is 0 Å². The Balaban J connectivity index is 0.00000385. The summed E-state index contributed by atoms with van der Waals surface area (Å²) in [6.07, 6.45) is 1.41. The van der Waals surface area contributed by atoms with Crippen LogP contribution >= 0.6 is 24.0 Å². The summed E-state index contributed by atoms with van der Waals surface area (Å²) >= 11 is 0. The number of carbonyl (C=O) groups excluding carboxylic acids is 2. The van der Waals surface area contributed by atoms with Gasteiger partial charge in [-0.3, -0.25) is 9.59 Å². The minimum absolute atomic E-state index is 0. The van der Waals surface area contributed by atoms with Crippen LogP contribution in [0.3, 0.4) is 0 Å². The maximum absolute atomic E-state index is 12.4. The predicted octanol–water partition coefficient (Wildman–Crippen LogP) is 2.57. The van der Waals surface area contributed by atoms with Crippen LogP contribution in [0.15, 0.2) is 65.7 Å². The number of rotatable bonds is 10. The normalized spacial score (nSPS) is 15.7. The van der Waals surface area contributed by atoms with Crippen molar-refractivity contribution >= 4 is 41.8 Å². The van der Waals surface area contributed by atoms with Crippen LogP contribution in [0.1, 0.15) is 24.5 Å². The second-order valence-corrected chi connectivity index (χ2v) is 7.98. The van der Waals surface area contributed by atoms with E-state index in [1.807, 2.05) is 60.4 Å². The molecule has 178 valence electrons. The van der Waals surface area contributed by atoms with Crippen LogP contribution in [0.4, 0.5) is 0 Å². The first-order valence-corrected chi connectivity index (χ1v) is 11.3. The van der Waals surface area contributed by atoms with Crippen LogP contribution in [0.25, 0.3) is 0 Å². The molecule has 2 aromatic carbocycles. The number of carbonyl (C=O) groups is 2. The summed E-state index contributed by atoms with van der Waals surface area (Å²) in [6.45, 7) is 5.36. The van der Waals surface area contributed by atoms with E-state index in [-0.39, 0.29) is 48.3 Å². The summed E-state index contributed by atoms with van der Waals surface area (Å²) in [5.41, 5.74) is 2.30. The van der Waals surface area contributed by atoms with Gasteiger partial charge >= 0.3 is 0 Å². The number of benzene rings is 2. The average molecular weight is 563 g/mol. The van der Waals surface area contributed by atoms with Gasteiger partial charge in [-0.1, -0.05) is 60.7 Å². The fraction of sp³-hybridized carbons (Fsp3) is 0.400. The molecular formula is C25H34IN5O2. The van der Waals surface area contributed by atoms with E-state index < -0.39 is 0 Å². The van der Waals surface area contributed by atoms with Crippen molar-refractivity contribution in [1.29, 1.82) is 0 Å². The van der Waals surface area contributed by atoms with Gasteiger partial charge in [-0.05, 0) is 24.5 Å². The molecule has 1 unspecified atom stereocenters. The Labute approximate surface area is 213 Å². The van der Waals surface area contributed by atoms with E-state index in [0.29, 0.717) is 32.0 Å². The average Bonchev–Trinajstić information content (AvgIpc) is 3.18. The fourth-order valence-corrected chi connectivity index (χ4v) is 3.70. The molecule has 0 spiro atoms. The third-order valence-electron chi connectivity index (χ3n) is 5.42. The largest absolute Gasteiger partial charge is 0.357 e. The number of hydrogen-bond donors (Lipinski definition) is 3. The van der Waals surface area contributed by atoms with Crippen molar-refractivity contribution in [2.75, 3.05) is 32.7 Å². The monoisotopic (exact) mass is 563 g/mol. The minimum Gasteiger partial charge on any atom is -0.357 e. The number of guanidine groups is 1. The molecule has 1 atom stereocenters. The van der Waals surface area contributed by atoms with E-state index in [4.69, 9.17) is 0 Å². The molecule has 2 amide bonds. The fourth-order valence-electron chi connectivity index (χ4n) is 3.70. The van der Waals surface area contributed by atoms with E-state index in [1.54, 1.807) is 0 Å². The summed E-state index contributed by atoms with van der Waals surface area (Å²) in [5, 5.41) is 9.33. The molecule has 1 aliphatic heterocycles. The first kappa shape index (κ1) is 26.6. The standard InChI is InChI=1S/C25H33N5O2.HI/c1-2-26-25(29-18-23(31)27-16-21-11-7-4-8-12-21)28-17-22-15-24(32)30(19-22)14-13-20-9-5-3-6-10-20;/h3-12,22H,2,13-19H2,1H3,(H,27,31)(H2,26,28,29);1H. The third-order valence-corrected chi connectivity index (χ3v) is 5.42. The lowest BCUT2D eigenvalue weighted by atomic mass is 10.1. The lowest BCUT2D eigenvalue weighted by Gasteiger charge is -2.18. The van der Waals surface area contributed by atoms with Crippen LogP contribution in [0.5, 0.6) is 0 Å². The zero-order valence-electron chi connectivity index (χ0n) is 19.1. The van der Waals surface area contributed by atoms with Gasteiger partial charge in [-0.15, -0.1) is 24.0 Å². The molecule has 0 radical (unpaired) electrons. The van der Waals surface area contributed by atoms with Crippen molar-refractivity contribution in [1.82, 2.24) is 20.9 Å². The van der Waals surface area contributed by atoms with Crippen LogP contribution < -0.4 is 16.0 Å². The number of aliphatic imine (C=N–C) groups is 1. The summed E-state index contributed by atoms with van der Waals surface area (Å²) < 4.78 is 0. The Morgan fingerprint density at radius 3 is 2.33 bits per heavy atom. The quantitative estimate of drug-likeness (QED) is 0.236.